The Morgan fingerprint density at radius 1 is 0.622 bits per heavy atom. The van der Waals surface area contributed by atoms with E-state index >= 15 is 0 Å². The third kappa shape index (κ3) is 21.4. The molecule has 3 rings (SSSR count). The zero-order valence-electron chi connectivity index (χ0n) is 24.9. The zero-order chi connectivity index (χ0) is 35.4. The van der Waals surface area contributed by atoms with Gasteiger partial charge in [0.25, 0.3) is 10.1 Å². The Balaban J connectivity index is -0.000000535. The van der Waals surface area contributed by atoms with E-state index < -0.39 is 50.0 Å². The summed E-state index contributed by atoms with van der Waals surface area (Å²) in [5, 5.41) is 64.5. The molecule has 0 radical (unpaired) electrons. The number of carboxylic acid groups (broad SMARTS) is 4. The lowest BCUT2D eigenvalue weighted by Crippen LogP contribution is -2.14. The van der Waals surface area contributed by atoms with Gasteiger partial charge in [0, 0.05) is 14.2 Å². The van der Waals surface area contributed by atoms with Crippen molar-refractivity contribution in [3.8, 4) is 0 Å². The number of benzene rings is 2. The molecule has 0 atom stereocenters. The number of aliphatic hydroxyl groups is 4. The lowest BCUT2D eigenvalue weighted by atomic mass is 10.0. The maximum absolute atomic E-state index is 10.9. The fourth-order valence-electron chi connectivity index (χ4n) is 3.23. The average Bonchev–Trinajstić information content (AvgIpc) is 3.04. The summed E-state index contributed by atoms with van der Waals surface area (Å²) in [6.45, 7) is 0.696. The van der Waals surface area contributed by atoms with Gasteiger partial charge in [0.1, 0.15) is 4.90 Å². The highest BCUT2D eigenvalue weighted by Crippen LogP contribution is 2.21. The van der Waals surface area contributed by atoms with Crippen LogP contribution in [0.2, 0.25) is 0 Å². The van der Waals surface area contributed by atoms with Crippen molar-refractivity contribution in [1.82, 2.24) is 0 Å². The van der Waals surface area contributed by atoms with Crippen LogP contribution in [0, 0.1) is 0 Å². The Hall–Kier alpha value is -3.97. The molecule has 0 aliphatic heterocycles. The van der Waals surface area contributed by atoms with Gasteiger partial charge >= 0.3 is 23.9 Å². The van der Waals surface area contributed by atoms with Gasteiger partial charge in [-0.15, -0.1) is 0 Å². The lowest BCUT2D eigenvalue weighted by Gasteiger charge is -2.05. The summed E-state index contributed by atoms with van der Waals surface area (Å²) in [5.41, 5.74) is -1.62. The van der Waals surface area contributed by atoms with Crippen molar-refractivity contribution >= 4 is 34.0 Å². The van der Waals surface area contributed by atoms with Crippen LogP contribution < -0.4 is 0 Å². The summed E-state index contributed by atoms with van der Waals surface area (Å²) in [5.74, 6) is -5.54. The van der Waals surface area contributed by atoms with E-state index in [4.69, 9.17) is 45.4 Å². The van der Waals surface area contributed by atoms with Crippen LogP contribution in [0.1, 0.15) is 80.0 Å². The van der Waals surface area contributed by atoms with Crippen molar-refractivity contribution in [2.75, 3.05) is 40.6 Å². The summed E-state index contributed by atoms with van der Waals surface area (Å²) in [7, 11) is -2.92. The largest absolute Gasteiger partial charge is 0.478 e. The second-order valence-corrected chi connectivity index (χ2v) is 9.50. The van der Waals surface area contributed by atoms with Crippen LogP contribution in [0.5, 0.6) is 0 Å². The molecule has 256 valence electrons. The van der Waals surface area contributed by atoms with Crippen molar-refractivity contribution < 1.29 is 77.7 Å². The number of rotatable bonds is 9. The van der Waals surface area contributed by atoms with Gasteiger partial charge in [0.05, 0.1) is 48.7 Å². The van der Waals surface area contributed by atoms with Crippen molar-refractivity contribution in [2.24, 2.45) is 0 Å². The standard InChI is InChI=1S/C8H6O7S.C8H6O4.C6H12.C4H10O3.2CH4O/c9-7(10)4-2-1-3-5(8(11)12)6(4)16(13,14)15;9-7(10)5-2-1-3-6(4-5)8(11)12;1-2-4-6-5-3-1;5-1-3-7-4-2-6;2*1-2/h1-3H,(H,9,10)(H,11,12)(H,13,14,15);1-4H,(H,9,10)(H,11,12);1-6H2;5-6H,1-4H2;2*2H,1H3. The summed E-state index contributed by atoms with van der Waals surface area (Å²) in [6, 6.07) is 8.04. The minimum Gasteiger partial charge on any atom is -0.478 e. The first-order valence-electron chi connectivity index (χ1n) is 13.1. The molecule has 0 amide bonds. The second-order valence-electron chi connectivity index (χ2n) is 8.14. The second kappa shape index (κ2) is 27.6. The van der Waals surface area contributed by atoms with Crippen LogP contribution in [-0.4, -0.2) is 118 Å². The van der Waals surface area contributed by atoms with Crippen molar-refractivity contribution in [1.29, 1.82) is 0 Å². The summed E-state index contributed by atoms with van der Waals surface area (Å²) < 4.78 is 35.3. The Bertz CT molecular complexity index is 1160. The summed E-state index contributed by atoms with van der Waals surface area (Å²) in [4.78, 5) is 41.0. The number of aliphatic hydroxyl groups excluding tert-OH is 4. The molecule has 9 N–H and O–H groups in total. The van der Waals surface area contributed by atoms with Crippen molar-refractivity contribution in [3.63, 3.8) is 0 Å². The summed E-state index contributed by atoms with van der Waals surface area (Å²) in [6.07, 6.45) is 9.00. The van der Waals surface area contributed by atoms with Crippen LogP contribution in [0.4, 0.5) is 0 Å². The average molecular weight is 667 g/mol. The molecular formula is C28H42O16S. The highest BCUT2D eigenvalue weighted by Gasteiger charge is 2.27. The highest BCUT2D eigenvalue weighted by atomic mass is 32.2. The van der Waals surface area contributed by atoms with E-state index in [1.165, 1.54) is 56.7 Å². The van der Waals surface area contributed by atoms with Gasteiger partial charge in [0.15, 0.2) is 0 Å². The molecular weight excluding hydrogens is 624 g/mol. The molecule has 2 aromatic carbocycles. The molecule has 0 unspecified atom stereocenters. The predicted molar refractivity (Wildman–Crippen MR) is 160 cm³/mol. The van der Waals surface area contributed by atoms with Gasteiger partial charge in [-0.3, -0.25) is 4.55 Å². The Labute approximate surface area is 260 Å². The van der Waals surface area contributed by atoms with E-state index in [0.29, 0.717) is 13.2 Å². The third-order valence-corrected chi connectivity index (χ3v) is 6.02. The first-order valence-corrected chi connectivity index (χ1v) is 14.5. The molecule has 1 saturated carbocycles. The molecule has 0 bridgehead atoms. The van der Waals surface area contributed by atoms with Crippen molar-refractivity contribution in [2.45, 2.75) is 43.4 Å². The van der Waals surface area contributed by atoms with Gasteiger partial charge in [-0.1, -0.05) is 50.7 Å². The van der Waals surface area contributed by atoms with Gasteiger partial charge in [-0.25, -0.2) is 19.2 Å². The van der Waals surface area contributed by atoms with Crippen LogP contribution >= 0.6 is 0 Å². The predicted octanol–water partition coefficient (Wildman–Crippen LogP) is 1.96. The smallest absolute Gasteiger partial charge is 0.337 e. The molecule has 1 fully saturated rings. The maximum Gasteiger partial charge on any atom is 0.337 e. The van der Waals surface area contributed by atoms with E-state index in [9.17, 15) is 27.6 Å². The molecule has 2 aromatic rings. The SMILES string of the molecule is C1CCCCC1.CO.CO.O=C(O)c1cccc(C(=O)O)c1.O=C(O)c1cccc(C(=O)O)c1S(=O)(=O)O.OCCOCCO. The van der Waals surface area contributed by atoms with Crippen LogP contribution in [0.15, 0.2) is 47.4 Å². The molecule has 0 heterocycles. The van der Waals surface area contributed by atoms with Gasteiger partial charge < -0.3 is 45.6 Å². The Kier molecular flexibility index (Phi) is 27.9. The lowest BCUT2D eigenvalue weighted by molar-refractivity contribution is 0.0650. The van der Waals surface area contributed by atoms with Gasteiger partial charge in [-0.2, -0.15) is 8.42 Å². The van der Waals surface area contributed by atoms with Crippen LogP contribution in [0.3, 0.4) is 0 Å². The fourth-order valence-corrected chi connectivity index (χ4v) is 4.10. The first kappa shape index (κ1) is 45.5. The minimum absolute atomic E-state index is 0.0186. The van der Waals surface area contributed by atoms with E-state index in [-0.39, 0.29) is 24.3 Å². The molecule has 0 spiro atoms. The zero-order valence-corrected chi connectivity index (χ0v) is 25.7. The normalized spacial score (nSPS) is 11.4. The number of hydrogen-bond donors (Lipinski definition) is 9. The number of aromatic carboxylic acids is 4. The molecule has 0 saturated heterocycles. The maximum atomic E-state index is 10.9. The molecule has 17 heteroatoms. The van der Waals surface area contributed by atoms with Gasteiger partial charge in [-0.05, 0) is 30.3 Å². The number of carbonyl (C=O) groups is 4. The third-order valence-electron chi connectivity index (χ3n) is 5.06. The summed E-state index contributed by atoms with van der Waals surface area (Å²) >= 11 is 0. The number of hydrogen-bond acceptors (Lipinski definition) is 11. The van der Waals surface area contributed by atoms with Crippen LogP contribution in [-0.2, 0) is 14.9 Å². The molecule has 1 aliphatic carbocycles. The quantitative estimate of drug-likeness (QED) is 0.136. The van der Waals surface area contributed by atoms with Gasteiger partial charge in [0.2, 0.25) is 0 Å². The first-order chi connectivity index (χ1) is 21.3. The van der Waals surface area contributed by atoms with E-state index in [1.54, 1.807) is 0 Å². The van der Waals surface area contributed by atoms with Crippen LogP contribution in [0.25, 0.3) is 0 Å². The number of ether oxygens (including phenoxy) is 1. The topological polar surface area (TPSA) is 294 Å². The minimum atomic E-state index is -4.92. The van der Waals surface area contributed by atoms with Crippen molar-refractivity contribution in [3.05, 3.63) is 64.7 Å². The molecule has 45 heavy (non-hydrogen) atoms. The van der Waals surface area contributed by atoms with E-state index in [0.717, 1.165) is 38.5 Å². The van der Waals surface area contributed by atoms with E-state index in [2.05, 4.69) is 4.74 Å². The molecule has 16 nitrogen and oxygen atoms in total. The molecule has 1 aliphatic rings. The monoisotopic (exact) mass is 666 g/mol. The Morgan fingerprint density at radius 3 is 1.18 bits per heavy atom. The molecule has 0 aromatic heterocycles. The number of carboxylic acids is 4. The highest BCUT2D eigenvalue weighted by molar-refractivity contribution is 7.86. The Morgan fingerprint density at radius 2 is 0.933 bits per heavy atom. The fraction of sp³-hybridized carbons (Fsp3) is 0.429. The van der Waals surface area contributed by atoms with E-state index in [1.807, 2.05) is 0 Å².